The molecule has 0 saturated heterocycles. The molecule has 1 aromatic heterocycles. The van der Waals surface area contributed by atoms with Crippen LogP contribution in [0.1, 0.15) is 5.56 Å². The summed E-state index contributed by atoms with van der Waals surface area (Å²) in [4.78, 5) is 10.5. The molecule has 0 amide bonds. The molecule has 0 aliphatic rings. The van der Waals surface area contributed by atoms with Crippen molar-refractivity contribution < 1.29 is 9.90 Å². The van der Waals surface area contributed by atoms with Crippen LogP contribution in [0.15, 0.2) is 24.4 Å². The molecule has 0 saturated carbocycles. The normalized spacial score (nSPS) is 10.1. The first-order valence-corrected chi connectivity index (χ1v) is 4.28. The smallest absolute Gasteiger partial charge is 0.325 e. The van der Waals surface area contributed by atoms with Crippen molar-refractivity contribution in [3.63, 3.8) is 0 Å². The van der Waals surface area contributed by atoms with E-state index >= 15 is 0 Å². The summed E-state index contributed by atoms with van der Waals surface area (Å²) in [5.41, 5.74) is 1.16. The monoisotopic (exact) mass is 201 g/mol. The van der Waals surface area contributed by atoms with Crippen LogP contribution >= 0.6 is 0 Å². The number of nitriles is 1. The van der Waals surface area contributed by atoms with Crippen molar-refractivity contribution in [2.75, 3.05) is 0 Å². The third-order valence-electron chi connectivity index (χ3n) is 2.06. The lowest BCUT2D eigenvalue weighted by atomic mass is 10.2. The molecule has 1 heterocycles. The summed E-state index contributed by atoms with van der Waals surface area (Å²) in [5, 5.41) is 22.1. The van der Waals surface area contributed by atoms with Gasteiger partial charge in [-0.15, -0.1) is 0 Å². The van der Waals surface area contributed by atoms with E-state index in [2.05, 4.69) is 5.10 Å². The summed E-state index contributed by atoms with van der Waals surface area (Å²) in [6, 6.07) is 7.06. The Bertz CT molecular complexity index is 566. The van der Waals surface area contributed by atoms with Crippen molar-refractivity contribution in [1.29, 1.82) is 5.26 Å². The van der Waals surface area contributed by atoms with Gasteiger partial charge in [0.05, 0.1) is 23.3 Å². The summed E-state index contributed by atoms with van der Waals surface area (Å²) < 4.78 is 1.36. The summed E-state index contributed by atoms with van der Waals surface area (Å²) in [7, 11) is 0. The molecule has 2 aromatic rings. The number of aliphatic carboxylic acids is 1. The number of rotatable bonds is 2. The van der Waals surface area contributed by atoms with Crippen molar-refractivity contribution in [1.82, 2.24) is 9.78 Å². The van der Waals surface area contributed by atoms with E-state index in [-0.39, 0.29) is 6.54 Å². The van der Waals surface area contributed by atoms with Crippen molar-refractivity contribution in [2.24, 2.45) is 0 Å². The Morgan fingerprint density at radius 2 is 2.40 bits per heavy atom. The number of hydrogen-bond donors (Lipinski definition) is 1. The van der Waals surface area contributed by atoms with Crippen LogP contribution in [0, 0.1) is 11.3 Å². The molecule has 0 radical (unpaired) electrons. The van der Waals surface area contributed by atoms with E-state index < -0.39 is 5.97 Å². The fourth-order valence-corrected chi connectivity index (χ4v) is 1.39. The maximum absolute atomic E-state index is 10.5. The zero-order valence-electron chi connectivity index (χ0n) is 7.71. The Labute approximate surface area is 85.2 Å². The largest absolute Gasteiger partial charge is 0.480 e. The van der Waals surface area contributed by atoms with Crippen LogP contribution in [-0.2, 0) is 11.3 Å². The van der Waals surface area contributed by atoms with Gasteiger partial charge < -0.3 is 5.11 Å². The quantitative estimate of drug-likeness (QED) is 0.785. The van der Waals surface area contributed by atoms with E-state index in [9.17, 15) is 4.79 Å². The Kier molecular flexibility index (Phi) is 2.10. The summed E-state index contributed by atoms with van der Waals surface area (Å²) in [5.74, 6) is -0.956. The second-order valence-corrected chi connectivity index (χ2v) is 3.08. The van der Waals surface area contributed by atoms with Crippen molar-refractivity contribution in [3.05, 3.63) is 30.0 Å². The van der Waals surface area contributed by atoms with Crippen molar-refractivity contribution in [2.45, 2.75) is 6.54 Å². The lowest BCUT2D eigenvalue weighted by Crippen LogP contribution is -2.09. The van der Waals surface area contributed by atoms with Gasteiger partial charge in [0, 0.05) is 5.39 Å². The predicted molar refractivity (Wildman–Crippen MR) is 52.1 cm³/mol. The van der Waals surface area contributed by atoms with Gasteiger partial charge in [0.15, 0.2) is 0 Å². The van der Waals surface area contributed by atoms with Crippen LogP contribution in [0.4, 0.5) is 0 Å². The molecule has 0 atom stereocenters. The van der Waals surface area contributed by atoms with Gasteiger partial charge in [0.25, 0.3) is 0 Å². The van der Waals surface area contributed by atoms with Crippen LogP contribution in [0.25, 0.3) is 10.9 Å². The first-order chi connectivity index (χ1) is 7.20. The van der Waals surface area contributed by atoms with Gasteiger partial charge in [0.1, 0.15) is 6.54 Å². The molecule has 5 nitrogen and oxygen atoms in total. The van der Waals surface area contributed by atoms with Crippen LogP contribution in [0.3, 0.4) is 0 Å². The minimum atomic E-state index is -0.956. The van der Waals surface area contributed by atoms with Gasteiger partial charge in [-0.05, 0) is 18.2 Å². The number of hydrogen-bond acceptors (Lipinski definition) is 3. The lowest BCUT2D eigenvalue weighted by Gasteiger charge is -1.98. The van der Waals surface area contributed by atoms with E-state index in [1.165, 1.54) is 4.68 Å². The van der Waals surface area contributed by atoms with Gasteiger partial charge in [-0.25, -0.2) is 0 Å². The summed E-state index contributed by atoms with van der Waals surface area (Å²) in [6.07, 6.45) is 1.58. The van der Waals surface area contributed by atoms with E-state index in [0.29, 0.717) is 11.1 Å². The second kappa shape index (κ2) is 3.42. The topological polar surface area (TPSA) is 78.9 Å². The molecular weight excluding hydrogens is 194 g/mol. The second-order valence-electron chi connectivity index (χ2n) is 3.08. The van der Waals surface area contributed by atoms with Crippen LogP contribution in [0.5, 0.6) is 0 Å². The minimum absolute atomic E-state index is 0.196. The zero-order chi connectivity index (χ0) is 10.8. The van der Waals surface area contributed by atoms with Gasteiger partial charge >= 0.3 is 5.97 Å². The fraction of sp³-hybridized carbons (Fsp3) is 0.100. The number of nitrogens with zero attached hydrogens (tertiary/aromatic N) is 3. The molecule has 15 heavy (non-hydrogen) atoms. The van der Waals surface area contributed by atoms with Crippen LogP contribution in [0.2, 0.25) is 0 Å². The number of carbonyl (C=O) groups is 1. The Morgan fingerprint density at radius 3 is 3.07 bits per heavy atom. The standard InChI is InChI=1S/C10H7N3O2/c11-4-7-1-2-8-5-12-13(6-10(14)15)9(8)3-7/h1-3,5H,6H2,(H,14,15). The Balaban J connectivity index is 2.57. The number of carboxylic acid groups (broad SMARTS) is 1. The number of benzene rings is 1. The SMILES string of the molecule is N#Cc1ccc2cnn(CC(=O)O)c2c1. The maximum Gasteiger partial charge on any atom is 0.325 e. The number of carboxylic acids is 1. The molecule has 5 heteroatoms. The third kappa shape index (κ3) is 1.65. The molecular formula is C10H7N3O2. The van der Waals surface area contributed by atoms with Gasteiger partial charge in [-0.1, -0.05) is 0 Å². The molecule has 0 aliphatic heterocycles. The van der Waals surface area contributed by atoms with Crippen molar-refractivity contribution >= 4 is 16.9 Å². The first kappa shape index (κ1) is 9.21. The molecule has 74 valence electrons. The molecule has 0 fully saturated rings. The molecule has 1 N–H and O–H groups in total. The highest BCUT2D eigenvalue weighted by molar-refractivity contribution is 5.81. The molecule has 2 rings (SSSR count). The van der Waals surface area contributed by atoms with Crippen LogP contribution < -0.4 is 0 Å². The Hall–Kier alpha value is -2.35. The summed E-state index contributed by atoms with van der Waals surface area (Å²) >= 11 is 0. The van der Waals surface area contributed by atoms with E-state index in [0.717, 1.165) is 5.39 Å². The molecule has 0 spiro atoms. The van der Waals surface area contributed by atoms with Crippen molar-refractivity contribution in [3.8, 4) is 6.07 Å². The third-order valence-corrected chi connectivity index (χ3v) is 2.06. The number of fused-ring (bicyclic) bond motifs is 1. The fourth-order valence-electron chi connectivity index (χ4n) is 1.39. The molecule has 0 aliphatic carbocycles. The van der Waals surface area contributed by atoms with Crippen LogP contribution in [-0.4, -0.2) is 20.9 Å². The lowest BCUT2D eigenvalue weighted by molar-refractivity contribution is -0.137. The Morgan fingerprint density at radius 1 is 1.60 bits per heavy atom. The highest BCUT2D eigenvalue weighted by atomic mass is 16.4. The molecule has 0 unspecified atom stereocenters. The molecule has 0 bridgehead atoms. The predicted octanol–water partition coefficient (Wildman–Crippen LogP) is 0.993. The average Bonchev–Trinajstić information content (AvgIpc) is 2.60. The minimum Gasteiger partial charge on any atom is -0.480 e. The van der Waals surface area contributed by atoms with E-state index in [4.69, 9.17) is 10.4 Å². The highest BCUT2D eigenvalue weighted by Crippen LogP contribution is 2.15. The summed E-state index contributed by atoms with van der Waals surface area (Å²) in [6.45, 7) is -0.196. The zero-order valence-corrected chi connectivity index (χ0v) is 7.71. The first-order valence-electron chi connectivity index (χ1n) is 4.28. The maximum atomic E-state index is 10.5. The average molecular weight is 201 g/mol. The van der Waals surface area contributed by atoms with Gasteiger partial charge in [0.2, 0.25) is 0 Å². The van der Waals surface area contributed by atoms with E-state index in [1.54, 1.807) is 24.4 Å². The highest BCUT2D eigenvalue weighted by Gasteiger charge is 2.06. The van der Waals surface area contributed by atoms with Gasteiger partial charge in [-0.3, -0.25) is 9.48 Å². The van der Waals surface area contributed by atoms with E-state index in [1.807, 2.05) is 6.07 Å². The van der Waals surface area contributed by atoms with Gasteiger partial charge in [-0.2, -0.15) is 10.4 Å². The molecule has 1 aromatic carbocycles. The number of aromatic nitrogens is 2.